The maximum Gasteiger partial charge on any atom is 0.205 e. The van der Waals surface area contributed by atoms with E-state index in [0.29, 0.717) is 6.04 Å². The second-order valence-corrected chi connectivity index (χ2v) is 3.97. The predicted octanol–water partition coefficient (Wildman–Crippen LogP) is 2.45. The molecular formula is C8H15N3S. The molecule has 0 atom stereocenters. The summed E-state index contributed by atoms with van der Waals surface area (Å²) in [5.41, 5.74) is 0. The van der Waals surface area contributed by atoms with Gasteiger partial charge in [0.05, 0.1) is 0 Å². The molecule has 0 aliphatic rings. The van der Waals surface area contributed by atoms with Crippen LogP contribution in [0, 0.1) is 6.92 Å². The van der Waals surface area contributed by atoms with Crippen LogP contribution in [0.5, 0.6) is 0 Å². The third-order valence-corrected chi connectivity index (χ3v) is 2.61. The van der Waals surface area contributed by atoms with Gasteiger partial charge in [0.2, 0.25) is 5.13 Å². The van der Waals surface area contributed by atoms with E-state index < -0.39 is 0 Å². The molecule has 4 heteroatoms. The molecule has 0 spiro atoms. The van der Waals surface area contributed by atoms with Crippen molar-refractivity contribution >= 4 is 16.5 Å². The molecule has 1 N–H and O–H groups in total. The van der Waals surface area contributed by atoms with E-state index in [9.17, 15) is 0 Å². The Kier molecular flexibility index (Phi) is 3.47. The average Bonchev–Trinajstić information content (AvgIpc) is 2.47. The summed E-state index contributed by atoms with van der Waals surface area (Å²) in [6.07, 6.45) is 2.27. The van der Waals surface area contributed by atoms with Gasteiger partial charge >= 0.3 is 0 Å². The Bertz CT molecular complexity index is 230. The highest BCUT2D eigenvalue weighted by Gasteiger charge is 2.05. The maximum absolute atomic E-state index is 4.01. The quantitative estimate of drug-likeness (QED) is 0.783. The summed E-state index contributed by atoms with van der Waals surface area (Å²) >= 11 is 1.61. The summed E-state index contributed by atoms with van der Waals surface area (Å²) in [7, 11) is 0. The van der Waals surface area contributed by atoms with E-state index in [1.54, 1.807) is 11.3 Å². The maximum atomic E-state index is 4.01. The number of rotatable bonds is 4. The van der Waals surface area contributed by atoms with Gasteiger partial charge in [0.15, 0.2) is 0 Å². The minimum absolute atomic E-state index is 0.539. The van der Waals surface area contributed by atoms with Gasteiger partial charge in [-0.3, -0.25) is 0 Å². The molecule has 1 aromatic heterocycles. The highest BCUT2D eigenvalue weighted by atomic mass is 32.1. The van der Waals surface area contributed by atoms with E-state index in [1.807, 2.05) is 6.92 Å². The lowest BCUT2D eigenvalue weighted by Crippen LogP contribution is -2.16. The van der Waals surface area contributed by atoms with Crippen molar-refractivity contribution in [2.75, 3.05) is 5.32 Å². The zero-order chi connectivity index (χ0) is 8.97. The van der Waals surface area contributed by atoms with Gasteiger partial charge < -0.3 is 5.32 Å². The van der Waals surface area contributed by atoms with Gasteiger partial charge in [-0.15, -0.1) is 10.2 Å². The Morgan fingerprint density at radius 2 is 2.00 bits per heavy atom. The average molecular weight is 185 g/mol. The topological polar surface area (TPSA) is 37.8 Å². The molecule has 1 aromatic rings. The highest BCUT2D eigenvalue weighted by molar-refractivity contribution is 7.15. The smallest absolute Gasteiger partial charge is 0.205 e. The SMILES string of the molecule is CCC(CC)Nc1nnc(C)s1. The van der Waals surface area contributed by atoms with E-state index in [1.165, 1.54) is 0 Å². The largest absolute Gasteiger partial charge is 0.357 e. The number of anilines is 1. The zero-order valence-electron chi connectivity index (χ0n) is 7.79. The molecule has 0 aliphatic carbocycles. The fourth-order valence-corrected chi connectivity index (χ4v) is 1.69. The predicted molar refractivity (Wildman–Crippen MR) is 52.6 cm³/mol. The molecule has 0 amide bonds. The van der Waals surface area contributed by atoms with Crippen molar-refractivity contribution in [3.63, 3.8) is 0 Å². The van der Waals surface area contributed by atoms with Crippen LogP contribution in [0.15, 0.2) is 0 Å². The lowest BCUT2D eigenvalue weighted by Gasteiger charge is -2.12. The first kappa shape index (κ1) is 9.45. The van der Waals surface area contributed by atoms with Crippen LogP contribution in [0.4, 0.5) is 5.13 Å². The minimum atomic E-state index is 0.539. The van der Waals surface area contributed by atoms with Crippen molar-refractivity contribution in [3.05, 3.63) is 5.01 Å². The molecule has 1 rings (SSSR count). The van der Waals surface area contributed by atoms with Crippen LogP contribution in [0.3, 0.4) is 0 Å². The van der Waals surface area contributed by atoms with Crippen LogP contribution in [0.2, 0.25) is 0 Å². The molecule has 0 saturated carbocycles. The van der Waals surface area contributed by atoms with E-state index in [2.05, 4.69) is 29.4 Å². The molecule has 0 radical (unpaired) electrons. The molecular weight excluding hydrogens is 170 g/mol. The third-order valence-electron chi connectivity index (χ3n) is 1.84. The van der Waals surface area contributed by atoms with E-state index in [4.69, 9.17) is 0 Å². The van der Waals surface area contributed by atoms with Gasteiger partial charge in [-0.25, -0.2) is 0 Å². The van der Waals surface area contributed by atoms with Gasteiger partial charge in [0.25, 0.3) is 0 Å². The van der Waals surface area contributed by atoms with Crippen molar-refractivity contribution in [2.24, 2.45) is 0 Å². The minimum Gasteiger partial charge on any atom is -0.357 e. The highest BCUT2D eigenvalue weighted by Crippen LogP contribution is 2.16. The lowest BCUT2D eigenvalue weighted by molar-refractivity contribution is 0.669. The second-order valence-electron chi connectivity index (χ2n) is 2.78. The van der Waals surface area contributed by atoms with E-state index >= 15 is 0 Å². The number of aryl methyl sites for hydroxylation is 1. The Morgan fingerprint density at radius 3 is 2.42 bits per heavy atom. The van der Waals surface area contributed by atoms with Gasteiger partial charge in [-0.05, 0) is 19.8 Å². The summed E-state index contributed by atoms with van der Waals surface area (Å²) in [6, 6.07) is 0.539. The first-order valence-corrected chi connectivity index (χ1v) is 5.14. The number of nitrogens with zero attached hydrogens (tertiary/aromatic N) is 2. The Labute approximate surface area is 77.2 Å². The van der Waals surface area contributed by atoms with Crippen LogP contribution in [-0.2, 0) is 0 Å². The Morgan fingerprint density at radius 1 is 1.33 bits per heavy atom. The van der Waals surface area contributed by atoms with Crippen LogP contribution in [0.1, 0.15) is 31.7 Å². The van der Waals surface area contributed by atoms with Crippen LogP contribution < -0.4 is 5.32 Å². The third kappa shape index (κ3) is 2.44. The summed E-state index contributed by atoms with van der Waals surface area (Å²) < 4.78 is 0. The van der Waals surface area contributed by atoms with Crippen LogP contribution in [0.25, 0.3) is 0 Å². The molecule has 0 aliphatic heterocycles. The second kappa shape index (κ2) is 4.40. The summed E-state index contributed by atoms with van der Waals surface area (Å²) in [4.78, 5) is 0. The Hall–Kier alpha value is -0.640. The number of nitrogens with one attached hydrogen (secondary N) is 1. The lowest BCUT2D eigenvalue weighted by atomic mass is 10.2. The first-order valence-electron chi connectivity index (χ1n) is 4.32. The van der Waals surface area contributed by atoms with Gasteiger partial charge in [0.1, 0.15) is 5.01 Å². The normalized spacial score (nSPS) is 10.7. The fourth-order valence-electron chi connectivity index (χ4n) is 1.02. The summed E-state index contributed by atoms with van der Waals surface area (Å²) in [6.45, 7) is 6.32. The molecule has 12 heavy (non-hydrogen) atoms. The van der Waals surface area contributed by atoms with E-state index in [0.717, 1.165) is 23.0 Å². The van der Waals surface area contributed by atoms with Crippen molar-refractivity contribution in [3.8, 4) is 0 Å². The van der Waals surface area contributed by atoms with Gasteiger partial charge in [0, 0.05) is 6.04 Å². The fraction of sp³-hybridized carbons (Fsp3) is 0.750. The number of aromatic nitrogens is 2. The van der Waals surface area contributed by atoms with Crippen LogP contribution >= 0.6 is 11.3 Å². The van der Waals surface area contributed by atoms with Crippen molar-refractivity contribution < 1.29 is 0 Å². The van der Waals surface area contributed by atoms with Crippen molar-refractivity contribution in [1.29, 1.82) is 0 Å². The van der Waals surface area contributed by atoms with Gasteiger partial charge in [-0.1, -0.05) is 25.2 Å². The van der Waals surface area contributed by atoms with Crippen LogP contribution in [-0.4, -0.2) is 16.2 Å². The Balaban J connectivity index is 2.50. The number of hydrogen-bond acceptors (Lipinski definition) is 4. The molecule has 3 nitrogen and oxygen atoms in total. The molecule has 1 heterocycles. The zero-order valence-corrected chi connectivity index (χ0v) is 8.61. The molecule has 68 valence electrons. The van der Waals surface area contributed by atoms with E-state index in [-0.39, 0.29) is 0 Å². The monoisotopic (exact) mass is 185 g/mol. The van der Waals surface area contributed by atoms with Gasteiger partial charge in [-0.2, -0.15) is 0 Å². The molecule has 0 fully saturated rings. The summed E-state index contributed by atoms with van der Waals surface area (Å²) in [5, 5.41) is 13.3. The summed E-state index contributed by atoms with van der Waals surface area (Å²) in [5.74, 6) is 0. The van der Waals surface area contributed by atoms with Crippen molar-refractivity contribution in [2.45, 2.75) is 39.7 Å². The molecule has 0 bridgehead atoms. The first-order chi connectivity index (χ1) is 5.76. The molecule has 0 aromatic carbocycles. The number of hydrogen-bond donors (Lipinski definition) is 1. The van der Waals surface area contributed by atoms with Crippen molar-refractivity contribution in [1.82, 2.24) is 10.2 Å². The standard InChI is InChI=1S/C8H15N3S/c1-4-7(5-2)9-8-11-10-6(3)12-8/h7H,4-5H2,1-3H3,(H,9,11). The molecule has 0 saturated heterocycles. The molecule has 0 unspecified atom stereocenters.